The summed E-state index contributed by atoms with van der Waals surface area (Å²) >= 11 is 6.65. The third kappa shape index (κ3) is 6.58. The molecule has 1 aromatic heterocycles. The lowest BCUT2D eigenvalue weighted by atomic mass is 9.95. The molecule has 2 saturated heterocycles. The van der Waals surface area contributed by atoms with E-state index >= 15 is 4.39 Å². The number of likely N-dealkylation sites (tertiary alicyclic amines) is 1. The standard InChI is InChI=1S/C31H33ClF4N6O5/c1-4-25(43)39-9-8-22(21(33)16-39)41(30(46)47)11-10-40-15-18-13-26(44)42(24-14-19(31(34,35)36)12-17(2)37-24)27(18)29(45)38(3)23-7-5-6-20(32)28(23)40/h4-7,12,14,18,21-22,27H,1,8-11,13,15-16H2,2-3H3,(H,46,47)/t18-,21-,22+,27+/m1/s1. The summed E-state index contributed by atoms with van der Waals surface area (Å²) in [6.45, 7) is 4.39. The third-order valence-electron chi connectivity index (χ3n) is 8.88. The molecule has 11 nitrogen and oxygen atoms in total. The second-order valence-corrected chi connectivity index (χ2v) is 12.2. The van der Waals surface area contributed by atoms with Crippen LogP contribution in [0.5, 0.6) is 0 Å². The summed E-state index contributed by atoms with van der Waals surface area (Å²) in [4.78, 5) is 62.3. The Kier molecular flexibility index (Phi) is 9.40. The number of hydrogen-bond donors (Lipinski definition) is 1. The van der Waals surface area contributed by atoms with Gasteiger partial charge in [0.2, 0.25) is 17.7 Å². The fourth-order valence-electron chi connectivity index (χ4n) is 6.67. The van der Waals surface area contributed by atoms with Gasteiger partial charge in [-0.3, -0.25) is 19.3 Å². The van der Waals surface area contributed by atoms with Gasteiger partial charge in [0.15, 0.2) is 0 Å². The molecule has 0 spiro atoms. The Labute approximate surface area is 273 Å². The first-order chi connectivity index (χ1) is 22.1. The van der Waals surface area contributed by atoms with Gasteiger partial charge in [0.25, 0.3) is 0 Å². The number of halogens is 5. The molecule has 3 aliphatic rings. The molecule has 2 aromatic rings. The molecule has 1 N–H and O–H groups in total. The summed E-state index contributed by atoms with van der Waals surface area (Å²) in [5, 5.41) is 10.3. The lowest BCUT2D eigenvalue weighted by Gasteiger charge is -2.42. The molecule has 3 aliphatic heterocycles. The van der Waals surface area contributed by atoms with Crippen molar-refractivity contribution in [1.29, 1.82) is 0 Å². The number of benzene rings is 1. The predicted molar refractivity (Wildman–Crippen MR) is 165 cm³/mol. The van der Waals surface area contributed by atoms with E-state index in [1.54, 1.807) is 23.1 Å². The second-order valence-electron chi connectivity index (χ2n) is 11.8. The fourth-order valence-corrected chi connectivity index (χ4v) is 6.96. The van der Waals surface area contributed by atoms with E-state index in [1.165, 1.54) is 23.8 Å². The van der Waals surface area contributed by atoms with Gasteiger partial charge >= 0.3 is 12.3 Å². The number of piperidine rings is 1. The van der Waals surface area contributed by atoms with Crippen LogP contribution < -0.4 is 14.7 Å². The molecule has 4 atom stereocenters. The zero-order valence-corrected chi connectivity index (χ0v) is 26.3. The van der Waals surface area contributed by atoms with E-state index in [-0.39, 0.29) is 62.1 Å². The van der Waals surface area contributed by atoms with Crippen molar-refractivity contribution in [2.24, 2.45) is 5.92 Å². The molecular weight excluding hydrogens is 648 g/mol. The summed E-state index contributed by atoms with van der Waals surface area (Å²) in [6.07, 6.45) is -6.83. The van der Waals surface area contributed by atoms with Crippen LogP contribution in [0, 0.1) is 12.8 Å². The maximum atomic E-state index is 15.3. The van der Waals surface area contributed by atoms with Gasteiger partial charge in [-0.1, -0.05) is 24.2 Å². The van der Waals surface area contributed by atoms with Crippen molar-refractivity contribution >= 4 is 52.6 Å². The van der Waals surface area contributed by atoms with Crippen molar-refractivity contribution in [1.82, 2.24) is 14.8 Å². The minimum Gasteiger partial charge on any atom is -0.465 e. The van der Waals surface area contributed by atoms with Crippen LogP contribution in [0.15, 0.2) is 43.0 Å². The van der Waals surface area contributed by atoms with E-state index in [2.05, 4.69) is 11.6 Å². The Morgan fingerprint density at radius 3 is 2.57 bits per heavy atom. The largest absolute Gasteiger partial charge is 0.465 e. The molecule has 47 heavy (non-hydrogen) atoms. The normalized spacial score (nSPS) is 23.2. The zero-order valence-electron chi connectivity index (χ0n) is 25.6. The average Bonchev–Trinajstić information content (AvgIpc) is 3.33. The number of alkyl halides is 4. The molecule has 0 unspecified atom stereocenters. The molecule has 2 fully saturated rings. The number of rotatable bonds is 6. The summed E-state index contributed by atoms with van der Waals surface area (Å²) in [7, 11) is 1.46. The van der Waals surface area contributed by atoms with E-state index in [9.17, 15) is 37.5 Å². The first kappa shape index (κ1) is 33.9. The maximum absolute atomic E-state index is 15.3. The van der Waals surface area contributed by atoms with E-state index in [4.69, 9.17) is 11.6 Å². The number of aromatic nitrogens is 1. The lowest BCUT2D eigenvalue weighted by Crippen LogP contribution is -2.57. The SMILES string of the molecule is C=CC(=O)N1CC[C@H](N(CCN2C[C@H]3CC(=O)N(c4cc(C(F)(F)F)cc(C)n4)[C@@H]3C(=O)N(C)c3cccc(Cl)c32)C(=O)O)[C@H](F)C1. The third-order valence-corrected chi connectivity index (χ3v) is 9.18. The highest BCUT2D eigenvalue weighted by Crippen LogP contribution is 2.43. The molecular formula is C31H33ClF4N6O5. The quantitative estimate of drug-likeness (QED) is 0.356. The minimum absolute atomic E-state index is 0.0000424. The highest BCUT2D eigenvalue weighted by molar-refractivity contribution is 6.34. The van der Waals surface area contributed by atoms with Gasteiger partial charge in [0, 0.05) is 51.3 Å². The van der Waals surface area contributed by atoms with Gasteiger partial charge in [0.05, 0.1) is 34.5 Å². The number of anilines is 3. The van der Waals surface area contributed by atoms with E-state index in [0.717, 1.165) is 28.0 Å². The molecule has 0 aliphatic carbocycles. The lowest BCUT2D eigenvalue weighted by molar-refractivity contribution is -0.137. The molecule has 4 amide bonds. The highest BCUT2D eigenvalue weighted by atomic mass is 35.5. The summed E-state index contributed by atoms with van der Waals surface area (Å²) < 4.78 is 56.4. The predicted octanol–water partition coefficient (Wildman–Crippen LogP) is 4.37. The van der Waals surface area contributed by atoms with Gasteiger partial charge in [0.1, 0.15) is 18.0 Å². The van der Waals surface area contributed by atoms with Crippen molar-refractivity contribution < 1.29 is 41.8 Å². The topological polar surface area (TPSA) is 118 Å². The maximum Gasteiger partial charge on any atom is 0.416 e. The molecule has 0 saturated carbocycles. The van der Waals surface area contributed by atoms with Crippen LogP contribution >= 0.6 is 11.6 Å². The number of para-hydroxylation sites is 1. The Morgan fingerprint density at radius 1 is 1.21 bits per heavy atom. The highest BCUT2D eigenvalue weighted by Gasteiger charge is 2.49. The molecule has 252 valence electrons. The number of likely N-dealkylation sites (N-methyl/N-ethyl adjacent to an activating group) is 1. The first-order valence-electron chi connectivity index (χ1n) is 14.9. The van der Waals surface area contributed by atoms with Crippen molar-refractivity contribution in [2.75, 3.05) is 54.5 Å². The van der Waals surface area contributed by atoms with Crippen LogP contribution in [0.4, 0.5) is 39.5 Å². The molecule has 0 radical (unpaired) electrons. The van der Waals surface area contributed by atoms with E-state index in [0.29, 0.717) is 11.4 Å². The van der Waals surface area contributed by atoms with Gasteiger partial charge in [-0.25, -0.2) is 14.2 Å². The number of carboxylic acid groups (broad SMARTS) is 1. The van der Waals surface area contributed by atoms with Crippen molar-refractivity contribution in [3.8, 4) is 0 Å². The Balaban J connectivity index is 1.48. The van der Waals surface area contributed by atoms with Gasteiger partial charge in [-0.15, -0.1) is 0 Å². The number of nitrogens with zero attached hydrogens (tertiary/aromatic N) is 6. The summed E-state index contributed by atoms with van der Waals surface area (Å²) in [5.74, 6) is -2.67. The second kappa shape index (κ2) is 13.0. The number of hydrogen-bond acceptors (Lipinski definition) is 6. The number of fused-ring (bicyclic) bond motifs is 2. The van der Waals surface area contributed by atoms with Gasteiger partial charge in [-0.2, -0.15) is 13.2 Å². The Hall–Kier alpha value is -4.40. The molecule has 4 heterocycles. The zero-order chi connectivity index (χ0) is 34.4. The van der Waals surface area contributed by atoms with Crippen molar-refractivity contribution in [3.63, 3.8) is 0 Å². The van der Waals surface area contributed by atoms with Crippen LogP contribution in [0.3, 0.4) is 0 Å². The Bertz CT molecular complexity index is 1610. The summed E-state index contributed by atoms with van der Waals surface area (Å²) in [6, 6.07) is 4.13. The number of pyridine rings is 1. The van der Waals surface area contributed by atoms with Crippen LogP contribution in [-0.4, -0.2) is 102 Å². The molecule has 16 heteroatoms. The molecule has 0 bridgehead atoms. The van der Waals surface area contributed by atoms with Crippen LogP contribution in [0.1, 0.15) is 24.1 Å². The van der Waals surface area contributed by atoms with Crippen molar-refractivity contribution in [3.05, 3.63) is 59.3 Å². The molecule has 5 rings (SSSR count). The monoisotopic (exact) mass is 680 g/mol. The first-order valence-corrected chi connectivity index (χ1v) is 15.2. The summed E-state index contributed by atoms with van der Waals surface area (Å²) in [5.41, 5.74) is -0.289. The molecule has 1 aromatic carbocycles. The van der Waals surface area contributed by atoms with E-state index in [1.807, 2.05) is 0 Å². The minimum atomic E-state index is -4.72. The number of carbonyl (C=O) groups excluding carboxylic acids is 3. The van der Waals surface area contributed by atoms with Crippen LogP contribution in [0.2, 0.25) is 5.02 Å². The fraction of sp³-hybridized carbons (Fsp3) is 0.452. The van der Waals surface area contributed by atoms with Crippen molar-refractivity contribution in [2.45, 2.75) is 44.2 Å². The Morgan fingerprint density at radius 2 is 1.94 bits per heavy atom. The smallest absolute Gasteiger partial charge is 0.416 e. The van der Waals surface area contributed by atoms with Crippen LogP contribution in [0.25, 0.3) is 0 Å². The van der Waals surface area contributed by atoms with Gasteiger partial charge in [-0.05, 0) is 43.7 Å². The van der Waals surface area contributed by atoms with E-state index < -0.39 is 59.7 Å². The van der Waals surface area contributed by atoms with Gasteiger partial charge < -0.3 is 24.7 Å². The van der Waals surface area contributed by atoms with Crippen LogP contribution in [-0.2, 0) is 20.6 Å². The number of amides is 4. The average molecular weight is 681 g/mol. The number of aryl methyl sites for hydroxylation is 1. The number of carbonyl (C=O) groups is 4.